The maximum absolute atomic E-state index is 11.7. The van der Waals surface area contributed by atoms with Crippen LogP contribution in [-0.2, 0) is 4.74 Å². The van der Waals surface area contributed by atoms with E-state index in [1.807, 2.05) is 24.3 Å². The number of benzene rings is 1. The topological polar surface area (TPSA) is 79.1 Å². The maximum Gasteiger partial charge on any atom is 0.348 e. The molecule has 0 N–H and O–H groups in total. The van der Waals surface area contributed by atoms with Crippen molar-refractivity contribution < 1.29 is 14.3 Å². The number of hydrogen-bond donors (Lipinski definition) is 0. The molecule has 0 saturated carbocycles. The average Bonchev–Trinajstić information content (AvgIpc) is 3.32. The summed E-state index contributed by atoms with van der Waals surface area (Å²) in [5.74, 6) is 0.866. The van der Waals surface area contributed by atoms with Crippen LogP contribution in [0.2, 0.25) is 0 Å². The molecule has 1 aromatic carbocycles. The Bertz CT molecular complexity index is 1030. The van der Waals surface area contributed by atoms with Crippen LogP contribution in [0.25, 0.3) is 15.8 Å². The van der Waals surface area contributed by atoms with Crippen LogP contribution in [0.4, 0.5) is 0 Å². The van der Waals surface area contributed by atoms with E-state index in [0.29, 0.717) is 16.4 Å². The van der Waals surface area contributed by atoms with Gasteiger partial charge in [0.2, 0.25) is 0 Å². The molecular weight excluding hydrogens is 340 g/mol. The minimum absolute atomic E-state index is 0.371. The van der Waals surface area contributed by atoms with Gasteiger partial charge in [-0.3, -0.25) is 4.98 Å². The SMILES string of the molecule is COC(=O)c1cc2c(Oc3ccc(-n4cncn4)cc3)cncc2s1. The van der Waals surface area contributed by atoms with Crippen LogP contribution < -0.4 is 4.74 Å². The molecule has 0 atom stereocenters. The van der Waals surface area contributed by atoms with E-state index in [0.717, 1.165) is 15.8 Å². The van der Waals surface area contributed by atoms with Gasteiger partial charge in [0.05, 0.1) is 23.7 Å². The molecule has 0 aliphatic carbocycles. The molecule has 0 aliphatic heterocycles. The maximum atomic E-state index is 11.7. The molecule has 0 aliphatic rings. The van der Waals surface area contributed by atoms with Gasteiger partial charge >= 0.3 is 5.97 Å². The Kier molecular flexibility index (Phi) is 3.87. The largest absolute Gasteiger partial charge is 0.465 e. The molecule has 0 bridgehead atoms. The van der Waals surface area contributed by atoms with Gasteiger partial charge in [-0.25, -0.2) is 14.5 Å². The van der Waals surface area contributed by atoms with Gasteiger partial charge in [-0.15, -0.1) is 11.3 Å². The second-order valence-electron chi connectivity index (χ2n) is 5.09. The predicted molar refractivity (Wildman–Crippen MR) is 92.4 cm³/mol. The number of aromatic nitrogens is 4. The first-order valence-electron chi connectivity index (χ1n) is 7.33. The summed E-state index contributed by atoms with van der Waals surface area (Å²) in [5, 5.41) is 4.90. The Morgan fingerprint density at radius 2 is 2.00 bits per heavy atom. The van der Waals surface area contributed by atoms with Gasteiger partial charge in [-0.2, -0.15) is 5.10 Å². The number of ether oxygens (including phenoxy) is 2. The van der Waals surface area contributed by atoms with Crippen molar-refractivity contribution in [1.29, 1.82) is 0 Å². The Hall–Kier alpha value is -3.26. The van der Waals surface area contributed by atoms with Gasteiger partial charge in [0.15, 0.2) is 5.75 Å². The third-order valence-corrected chi connectivity index (χ3v) is 4.59. The third kappa shape index (κ3) is 2.94. The lowest BCUT2D eigenvalue weighted by atomic mass is 10.2. The first-order valence-corrected chi connectivity index (χ1v) is 8.15. The zero-order valence-electron chi connectivity index (χ0n) is 13.1. The lowest BCUT2D eigenvalue weighted by Gasteiger charge is -2.07. The summed E-state index contributed by atoms with van der Waals surface area (Å²) in [6.07, 6.45) is 6.43. The van der Waals surface area contributed by atoms with Crippen molar-refractivity contribution in [2.45, 2.75) is 0 Å². The molecule has 0 spiro atoms. The highest BCUT2D eigenvalue weighted by atomic mass is 32.1. The fraction of sp³-hybridized carbons (Fsp3) is 0.0588. The van der Waals surface area contributed by atoms with Crippen LogP contribution in [0.15, 0.2) is 55.4 Å². The van der Waals surface area contributed by atoms with E-state index < -0.39 is 0 Å². The van der Waals surface area contributed by atoms with Crippen molar-refractivity contribution in [3.63, 3.8) is 0 Å². The second kappa shape index (κ2) is 6.33. The van der Waals surface area contributed by atoms with E-state index in [4.69, 9.17) is 9.47 Å². The molecule has 3 aromatic heterocycles. The minimum Gasteiger partial charge on any atom is -0.465 e. The minimum atomic E-state index is -0.371. The van der Waals surface area contributed by atoms with Crippen molar-refractivity contribution in [2.24, 2.45) is 0 Å². The molecule has 8 heteroatoms. The van der Waals surface area contributed by atoms with E-state index in [-0.39, 0.29) is 5.97 Å². The van der Waals surface area contributed by atoms with Crippen LogP contribution in [0.1, 0.15) is 9.67 Å². The summed E-state index contributed by atoms with van der Waals surface area (Å²) in [6.45, 7) is 0. The van der Waals surface area contributed by atoms with Crippen LogP contribution in [-0.4, -0.2) is 32.8 Å². The second-order valence-corrected chi connectivity index (χ2v) is 6.17. The summed E-state index contributed by atoms with van der Waals surface area (Å²) in [6, 6.07) is 9.19. The number of esters is 1. The number of methoxy groups -OCH3 is 1. The summed E-state index contributed by atoms with van der Waals surface area (Å²) < 4.78 is 13.2. The van der Waals surface area contributed by atoms with Gasteiger partial charge in [-0.1, -0.05) is 0 Å². The predicted octanol–water partition coefficient (Wildman–Crippen LogP) is 3.46. The first kappa shape index (κ1) is 15.3. The molecular formula is C17H12N4O3S. The van der Waals surface area contributed by atoms with Gasteiger partial charge in [-0.05, 0) is 30.3 Å². The molecule has 7 nitrogen and oxygen atoms in total. The molecule has 3 heterocycles. The normalized spacial score (nSPS) is 10.8. The highest BCUT2D eigenvalue weighted by Crippen LogP contribution is 2.34. The van der Waals surface area contributed by atoms with Crippen molar-refractivity contribution >= 4 is 27.4 Å². The highest BCUT2D eigenvalue weighted by molar-refractivity contribution is 7.20. The number of fused-ring (bicyclic) bond motifs is 1. The summed E-state index contributed by atoms with van der Waals surface area (Å²) in [7, 11) is 1.36. The molecule has 0 unspecified atom stereocenters. The Morgan fingerprint density at radius 3 is 2.72 bits per heavy atom. The summed E-state index contributed by atoms with van der Waals surface area (Å²) in [5.41, 5.74) is 0.879. The number of thiophene rings is 1. The number of pyridine rings is 1. The van der Waals surface area contributed by atoms with Crippen molar-refractivity contribution in [1.82, 2.24) is 19.7 Å². The molecule has 4 aromatic rings. The zero-order valence-corrected chi connectivity index (χ0v) is 13.9. The van der Waals surface area contributed by atoms with E-state index in [1.54, 1.807) is 29.5 Å². The average molecular weight is 352 g/mol. The van der Waals surface area contributed by atoms with E-state index in [2.05, 4.69) is 15.1 Å². The standard InChI is InChI=1S/C17H12N4O3S/c1-23-17(22)15-6-13-14(7-18-8-16(13)25-15)24-12-4-2-11(3-5-12)21-10-19-9-20-21/h2-10H,1H3. The third-order valence-electron chi connectivity index (χ3n) is 3.54. The highest BCUT2D eigenvalue weighted by Gasteiger charge is 2.14. The molecule has 0 amide bonds. The number of nitrogens with zero attached hydrogens (tertiary/aromatic N) is 4. The van der Waals surface area contributed by atoms with Gasteiger partial charge in [0.25, 0.3) is 0 Å². The zero-order chi connectivity index (χ0) is 17.2. The first-order chi connectivity index (χ1) is 12.2. The molecule has 25 heavy (non-hydrogen) atoms. The molecule has 0 saturated heterocycles. The Morgan fingerprint density at radius 1 is 1.16 bits per heavy atom. The summed E-state index contributed by atoms with van der Waals surface area (Å²) in [4.78, 5) is 20.3. The quantitative estimate of drug-likeness (QED) is 0.523. The van der Waals surface area contributed by atoms with E-state index in [9.17, 15) is 4.79 Å². The lowest BCUT2D eigenvalue weighted by Crippen LogP contribution is -1.96. The van der Waals surface area contributed by atoms with Crippen molar-refractivity contribution in [3.05, 3.63) is 60.3 Å². The van der Waals surface area contributed by atoms with E-state index >= 15 is 0 Å². The van der Waals surface area contributed by atoms with Crippen LogP contribution in [0, 0.1) is 0 Å². The lowest BCUT2D eigenvalue weighted by molar-refractivity contribution is 0.0606. The number of carbonyl (C=O) groups is 1. The van der Waals surface area contributed by atoms with Crippen LogP contribution in [0.3, 0.4) is 0 Å². The molecule has 124 valence electrons. The molecule has 0 fully saturated rings. The fourth-order valence-electron chi connectivity index (χ4n) is 2.35. The van der Waals surface area contributed by atoms with Crippen molar-refractivity contribution in [3.8, 4) is 17.2 Å². The Balaban J connectivity index is 1.64. The van der Waals surface area contributed by atoms with Crippen LogP contribution in [0.5, 0.6) is 11.5 Å². The smallest absolute Gasteiger partial charge is 0.348 e. The molecule has 0 radical (unpaired) electrons. The molecule has 4 rings (SSSR count). The van der Waals surface area contributed by atoms with Crippen LogP contribution >= 0.6 is 11.3 Å². The van der Waals surface area contributed by atoms with E-state index in [1.165, 1.54) is 24.8 Å². The van der Waals surface area contributed by atoms with Crippen molar-refractivity contribution in [2.75, 3.05) is 7.11 Å². The van der Waals surface area contributed by atoms with Gasteiger partial charge < -0.3 is 9.47 Å². The van der Waals surface area contributed by atoms with Gasteiger partial charge in [0.1, 0.15) is 23.3 Å². The monoisotopic (exact) mass is 352 g/mol. The number of carbonyl (C=O) groups excluding carboxylic acids is 1. The number of rotatable bonds is 4. The summed E-state index contributed by atoms with van der Waals surface area (Å²) >= 11 is 1.32. The number of hydrogen-bond acceptors (Lipinski definition) is 7. The Labute approximate surface area is 146 Å². The van der Waals surface area contributed by atoms with Gasteiger partial charge in [0, 0.05) is 11.6 Å². The fourth-order valence-corrected chi connectivity index (χ4v) is 3.32.